The van der Waals surface area contributed by atoms with Gasteiger partial charge in [-0.1, -0.05) is 0 Å². The first-order chi connectivity index (χ1) is 7.97. The summed E-state index contributed by atoms with van der Waals surface area (Å²) in [5.41, 5.74) is 0. The van der Waals surface area contributed by atoms with E-state index in [2.05, 4.69) is 0 Å². The summed E-state index contributed by atoms with van der Waals surface area (Å²) in [5.74, 6) is 1.61. The van der Waals surface area contributed by atoms with Crippen LogP contribution >= 0.6 is 23.2 Å². The van der Waals surface area contributed by atoms with Crippen LogP contribution in [0.5, 0.6) is 0 Å². The number of nitrogens with zero attached hydrogens (tertiary/aromatic N) is 3. The lowest BCUT2D eigenvalue weighted by Gasteiger charge is -2.26. The second kappa shape index (κ2) is 6.04. The zero-order chi connectivity index (χ0) is 12.9. The van der Waals surface area contributed by atoms with E-state index in [9.17, 15) is 0 Å². The third kappa shape index (κ3) is 3.84. The molecule has 0 atom stereocenters. The highest BCUT2D eigenvalue weighted by Gasteiger charge is 2.54. The molecule has 8 heteroatoms. The Labute approximate surface area is 111 Å². The monoisotopic (exact) mass is 288 g/mol. The smallest absolute Gasteiger partial charge is 0.267 e. The van der Waals surface area contributed by atoms with Crippen molar-refractivity contribution >= 4 is 23.2 Å². The molecule has 0 spiro atoms. The summed E-state index contributed by atoms with van der Waals surface area (Å²) in [5, 5.41) is 12.5. The van der Waals surface area contributed by atoms with Crippen molar-refractivity contribution in [1.29, 1.82) is 0 Å². The lowest BCUT2D eigenvalue weighted by molar-refractivity contribution is -0.985. The Morgan fingerprint density at radius 3 is 1.47 bits per heavy atom. The van der Waals surface area contributed by atoms with E-state index in [0.717, 1.165) is 24.8 Å². The Morgan fingerprint density at radius 2 is 1.24 bits per heavy atom. The minimum absolute atomic E-state index is 0.806. The summed E-state index contributed by atoms with van der Waals surface area (Å²) in [7, 11) is 0. The molecule has 0 amide bonds. The molecular weight excluding hydrogens is 269 g/mol. The fourth-order valence-corrected chi connectivity index (χ4v) is 3.66. The van der Waals surface area contributed by atoms with E-state index in [1.165, 1.54) is 41.8 Å². The summed E-state index contributed by atoms with van der Waals surface area (Å²) >= 11 is 11.7. The molecule has 6 nitrogen and oxygen atoms in total. The van der Waals surface area contributed by atoms with Gasteiger partial charge in [-0.25, -0.2) is 10.4 Å². The van der Waals surface area contributed by atoms with Gasteiger partial charge >= 0.3 is 5.09 Å². The Kier molecular flexibility index (Phi) is 5.24. The molecule has 2 bridgehead atoms. The van der Waals surface area contributed by atoms with Gasteiger partial charge in [0.2, 0.25) is 6.67 Å². The van der Waals surface area contributed by atoms with Crippen molar-refractivity contribution < 1.29 is 24.5 Å². The molecule has 2 fully saturated rings. The van der Waals surface area contributed by atoms with E-state index >= 15 is 0 Å². The van der Waals surface area contributed by atoms with E-state index in [0.29, 0.717) is 0 Å². The number of hydrogen-bond acceptors (Lipinski definition) is 1. The average Bonchev–Trinajstić information content (AvgIpc) is 2.73. The molecule has 0 saturated carbocycles. The first kappa shape index (κ1) is 14.8. The van der Waals surface area contributed by atoms with Gasteiger partial charge in [-0.3, -0.25) is 8.97 Å². The zero-order valence-corrected chi connectivity index (χ0v) is 11.3. The Balaban J connectivity index is 0.000000317. The Morgan fingerprint density at radius 1 is 0.941 bits per heavy atom. The fraction of sp³-hybridized carbons (Fsp3) is 1.00. The topological polar surface area (TPSA) is 60.5 Å². The average molecular weight is 289 g/mol. The maximum absolute atomic E-state index is 8.47. The summed E-state index contributed by atoms with van der Waals surface area (Å²) in [6, 6.07) is 0. The molecule has 0 aliphatic carbocycles. The normalized spacial score (nSPS) is 34.2. The Bertz CT molecular complexity index is 246. The molecule has 2 aliphatic rings. The second-order valence-corrected chi connectivity index (χ2v) is 5.55. The lowest BCUT2D eigenvalue weighted by Crippen LogP contribution is -2.48. The number of hydrogen-bond donors (Lipinski definition) is 2. The van der Waals surface area contributed by atoms with Gasteiger partial charge in [0.05, 0.1) is 24.8 Å². The summed E-state index contributed by atoms with van der Waals surface area (Å²) in [4.78, 5) is 8.47. The van der Waals surface area contributed by atoms with Crippen LogP contribution in [0, 0.1) is 4.91 Å². The van der Waals surface area contributed by atoms with Crippen molar-refractivity contribution in [2.75, 3.05) is 57.7 Å². The lowest BCUT2D eigenvalue weighted by atomic mass is 10.3. The van der Waals surface area contributed by atoms with E-state index in [1.54, 1.807) is 0 Å². The Hall–Kier alpha value is -0.300. The van der Waals surface area contributed by atoms with Crippen LogP contribution in [-0.2, 0) is 0 Å². The third-order valence-electron chi connectivity index (χ3n) is 3.82. The van der Waals surface area contributed by atoms with Gasteiger partial charge in [-0.2, -0.15) is 0 Å². The van der Waals surface area contributed by atoms with E-state index < -0.39 is 5.09 Å². The number of halogens is 2. The molecule has 17 heavy (non-hydrogen) atoms. The number of piperazine rings is 1. The summed E-state index contributed by atoms with van der Waals surface area (Å²) < 4.78 is 2.53. The molecule has 2 saturated heterocycles. The van der Waals surface area contributed by atoms with Crippen LogP contribution in [0.1, 0.15) is 0 Å². The molecule has 2 rings (SSSR count). The first-order valence-electron chi connectivity index (χ1n) is 5.65. The van der Waals surface area contributed by atoms with Gasteiger partial charge in [-0.15, -0.1) is 23.2 Å². The summed E-state index contributed by atoms with van der Waals surface area (Å²) in [6.45, 7) is 8.90. The minimum Gasteiger partial charge on any atom is -0.267 e. The first-order valence-corrected chi connectivity index (χ1v) is 6.72. The molecule has 2 heterocycles. The molecule has 0 aromatic carbocycles. The van der Waals surface area contributed by atoms with Crippen molar-refractivity contribution in [3.05, 3.63) is 4.91 Å². The number of fused-ring (bicyclic) bond motifs is 2. The highest BCUT2D eigenvalue weighted by atomic mass is 35.5. The molecule has 0 aromatic rings. The van der Waals surface area contributed by atoms with Crippen molar-refractivity contribution in [3.8, 4) is 0 Å². The van der Waals surface area contributed by atoms with Crippen LogP contribution in [0.25, 0.3) is 0 Å². The SMILES string of the molecule is ClCC[N+]12CC[N+](CCCl)(CC1)C2.O=[N+](O)O. The van der Waals surface area contributed by atoms with Crippen LogP contribution in [0.2, 0.25) is 0 Å². The van der Waals surface area contributed by atoms with Gasteiger partial charge in [0.1, 0.15) is 31.1 Å². The number of alkyl halides is 2. The van der Waals surface area contributed by atoms with E-state index in [1.807, 2.05) is 0 Å². The standard InChI is InChI=1S/C9H18Cl2N2.H2NO3/c10-1-3-12-5-7-13(9-12,4-2-11)8-6-12;2-1(3)4/h1-9H2;(H2,2,3,4)/q+2;+1. The van der Waals surface area contributed by atoms with Gasteiger partial charge in [0.15, 0.2) is 0 Å². The van der Waals surface area contributed by atoms with Crippen molar-refractivity contribution in [2.45, 2.75) is 0 Å². The highest BCUT2D eigenvalue weighted by molar-refractivity contribution is 6.18. The number of rotatable bonds is 4. The zero-order valence-electron chi connectivity index (χ0n) is 9.76. The molecule has 0 aromatic heterocycles. The van der Waals surface area contributed by atoms with Crippen LogP contribution in [0.15, 0.2) is 0 Å². The predicted octanol–water partition coefficient (Wildman–Crippen LogP) is 0.626. The van der Waals surface area contributed by atoms with Crippen molar-refractivity contribution in [2.24, 2.45) is 0 Å². The molecular formula is C9H20Cl2N3O3+3. The van der Waals surface area contributed by atoms with Gasteiger partial charge in [-0.05, 0) is 0 Å². The molecule has 100 valence electrons. The van der Waals surface area contributed by atoms with Gasteiger partial charge < -0.3 is 0 Å². The quantitative estimate of drug-likeness (QED) is 0.453. The molecule has 2 N–H and O–H groups in total. The maximum Gasteiger partial charge on any atom is 0.472 e. The largest absolute Gasteiger partial charge is 0.472 e. The highest BCUT2D eigenvalue weighted by Crippen LogP contribution is 2.31. The maximum atomic E-state index is 8.47. The summed E-state index contributed by atoms with van der Waals surface area (Å²) in [6.07, 6.45) is 0. The predicted molar refractivity (Wildman–Crippen MR) is 63.2 cm³/mol. The fourth-order valence-electron chi connectivity index (χ4n) is 2.94. The third-order valence-corrected chi connectivity index (χ3v) is 4.15. The van der Waals surface area contributed by atoms with Crippen molar-refractivity contribution in [3.63, 3.8) is 0 Å². The van der Waals surface area contributed by atoms with Crippen LogP contribution in [-0.4, -0.2) is 82.2 Å². The second-order valence-electron chi connectivity index (χ2n) is 4.80. The van der Waals surface area contributed by atoms with Crippen LogP contribution in [0.4, 0.5) is 0 Å². The van der Waals surface area contributed by atoms with Crippen LogP contribution in [0.3, 0.4) is 0 Å². The minimum atomic E-state index is -1.25. The number of quaternary nitrogens is 2. The molecule has 0 radical (unpaired) electrons. The van der Waals surface area contributed by atoms with E-state index in [4.69, 9.17) is 38.5 Å². The molecule has 0 unspecified atom stereocenters. The van der Waals surface area contributed by atoms with Crippen molar-refractivity contribution in [1.82, 2.24) is 0 Å². The van der Waals surface area contributed by atoms with Gasteiger partial charge in [0.25, 0.3) is 0 Å². The van der Waals surface area contributed by atoms with Crippen LogP contribution < -0.4 is 0 Å². The molecule has 2 aliphatic heterocycles. The van der Waals surface area contributed by atoms with E-state index in [-0.39, 0.29) is 0 Å². The van der Waals surface area contributed by atoms with Gasteiger partial charge in [0, 0.05) is 0 Å².